The van der Waals surface area contributed by atoms with Crippen molar-refractivity contribution in [3.05, 3.63) is 36.7 Å². The van der Waals surface area contributed by atoms with Gasteiger partial charge in [-0.25, -0.2) is 0 Å². The van der Waals surface area contributed by atoms with Crippen molar-refractivity contribution in [2.75, 3.05) is 0 Å². The molecule has 2 rings (SSSR count). The van der Waals surface area contributed by atoms with Gasteiger partial charge in [-0.3, -0.25) is 0 Å². The summed E-state index contributed by atoms with van der Waals surface area (Å²) in [5.41, 5.74) is 0. The maximum absolute atomic E-state index is 2.33. The van der Waals surface area contributed by atoms with E-state index in [-0.39, 0.29) is 0 Å². The standard InChI is InChI=1S/C10H13N/c1-2-8-11(7-1)9-3-4-10-5-6-10/h1-4,7-8,10H,5-6,9H2/b4-3+. The van der Waals surface area contributed by atoms with Crippen molar-refractivity contribution in [1.82, 2.24) is 4.57 Å². The molecule has 1 aliphatic rings. The molecule has 0 aromatic carbocycles. The Morgan fingerprint density at radius 2 is 2.00 bits per heavy atom. The van der Waals surface area contributed by atoms with Gasteiger partial charge in [-0.05, 0) is 30.9 Å². The fourth-order valence-corrected chi connectivity index (χ4v) is 1.16. The van der Waals surface area contributed by atoms with Crippen LogP contribution in [0.15, 0.2) is 36.7 Å². The SMILES string of the molecule is C(=C\C1CC1)/Cn1cccc1. The molecule has 1 aromatic rings. The summed E-state index contributed by atoms with van der Waals surface area (Å²) < 4.78 is 2.18. The van der Waals surface area contributed by atoms with E-state index in [4.69, 9.17) is 0 Å². The Labute approximate surface area is 67.3 Å². The lowest BCUT2D eigenvalue weighted by Crippen LogP contribution is -1.88. The predicted octanol–water partition coefficient (Wildman–Crippen LogP) is 2.45. The van der Waals surface area contributed by atoms with Gasteiger partial charge in [0.05, 0.1) is 0 Å². The maximum Gasteiger partial charge on any atom is 0.0400 e. The van der Waals surface area contributed by atoms with Crippen molar-refractivity contribution < 1.29 is 0 Å². The summed E-state index contributed by atoms with van der Waals surface area (Å²) in [6.45, 7) is 1.03. The highest BCUT2D eigenvalue weighted by Crippen LogP contribution is 2.29. The van der Waals surface area contributed by atoms with E-state index in [0.29, 0.717) is 0 Å². The van der Waals surface area contributed by atoms with Crippen LogP contribution < -0.4 is 0 Å². The second kappa shape index (κ2) is 2.95. The van der Waals surface area contributed by atoms with Gasteiger partial charge >= 0.3 is 0 Å². The third-order valence-corrected chi connectivity index (χ3v) is 2.01. The zero-order valence-electron chi connectivity index (χ0n) is 6.61. The molecule has 0 amide bonds. The Hall–Kier alpha value is -0.980. The van der Waals surface area contributed by atoms with Gasteiger partial charge in [-0.1, -0.05) is 12.2 Å². The Morgan fingerprint density at radius 3 is 2.64 bits per heavy atom. The Bertz CT molecular complexity index is 229. The van der Waals surface area contributed by atoms with E-state index in [2.05, 4.69) is 41.2 Å². The molecule has 1 heteroatoms. The largest absolute Gasteiger partial charge is 0.351 e. The molecule has 0 atom stereocenters. The predicted molar refractivity (Wildman–Crippen MR) is 46.3 cm³/mol. The summed E-state index contributed by atoms with van der Waals surface area (Å²) in [6.07, 6.45) is 11.6. The lowest BCUT2D eigenvalue weighted by molar-refractivity contribution is 0.824. The molecule has 1 aliphatic carbocycles. The van der Waals surface area contributed by atoms with Crippen LogP contribution in [0, 0.1) is 5.92 Å². The van der Waals surface area contributed by atoms with Crippen molar-refractivity contribution in [3.8, 4) is 0 Å². The van der Waals surface area contributed by atoms with Gasteiger partial charge in [-0.2, -0.15) is 0 Å². The van der Waals surface area contributed by atoms with E-state index in [0.717, 1.165) is 12.5 Å². The van der Waals surface area contributed by atoms with Crippen molar-refractivity contribution in [2.45, 2.75) is 19.4 Å². The molecular formula is C10H13N. The average Bonchev–Trinajstić information content (AvgIpc) is 2.66. The van der Waals surface area contributed by atoms with Gasteiger partial charge in [0.2, 0.25) is 0 Å². The molecule has 58 valence electrons. The van der Waals surface area contributed by atoms with Gasteiger partial charge in [0.25, 0.3) is 0 Å². The molecule has 1 heterocycles. The van der Waals surface area contributed by atoms with Crippen molar-refractivity contribution in [2.24, 2.45) is 5.92 Å². The molecule has 0 aliphatic heterocycles. The van der Waals surface area contributed by atoms with Crippen LogP contribution in [0.2, 0.25) is 0 Å². The Balaban J connectivity index is 1.81. The van der Waals surface area contributed by atoms with Gasteiger partial charge < -0.3 is 4.57 Å². The van der Waals surface area contributed by atoms with Crippen molar-refractivity contribution >= 4 is 0 Å². The van der Waals surface area contributed by atoms with Gasteiger partial charge in [-0.15, -0.1) is 0 Å². The molecule has 0 N–H and O–H groups in total. The summed E-state index contributed by atoms with van der Waals surface area (Å²) in [5, 5.41) is 0. The smallest absolute Gasteiger partial charge is 0.0400 e. The average molecular weight is 147 g/mol. The first-order valence-electron chi connectivity index (χ1n) is 4.22. The van der Waals surface area contributed by atoms with E-state index in [1.165, 1.54) is 12.8 Å². The lowest BCUT2D eigenvalue weighted by Gasteiger charge is -1.93. The Kier molecular flexibility index (Phi) is 1.80. The topological polar surface area (TPSA) is 4.93 Å². The first kappa shape index (κ1) is 6.71. The molecule has 0 radical (unpaired) electrons. The highest BCUT2D eigenvalue weighted by atomic mass is 14.9. The first-order chi connectivity index (χ1) is 5.45. The van der Waals surface area contributed by atoms with Crippen LogP contribution in [0.4, 0.5) is 0 Å². The molecule has 0 spiro atoms. The molecule has 1 nitrogen and oxygen atoms in total. The van der Waals surface area contributed by atoms with E-state index in [1.807, 2.05) is 0 Å². The summed E-state index contributed by atoms with van der Waals surface area (Å²) in [4.78, 5) is 0. The lowest BCUT2D eigenvalue weighted by atomic mass is 10.4. The van der Waals surface area contributed by atoms with Gasteiger partial charge in [0.1, 0.15) is 0 Å². The van der Waals surface area contributed by atoms with Crippen LogP contribution >= 0.6 is 0 Å². The highest BCUT2D eigenvalue weighted by Gasteiger charge is 2.16. The van der Waals surface area contributed by atoms with E-state index >= 15 is 0 Å². The number of rotatable bonds is 3. The maximum atomic E-state index is 2.33. The third kappa shape index (κ3) is 1.97. The highest BCUT2D eigenvalue weighted by molar-refractivity contribution is 4.98. The number of hydrogen-bond acceptors (Lipinski definition) is 0. The van der Waals surface area contributed by atoms with Crippen LogP contribution in [0.5, 0.6) is 0 Å². The molecule has 11 heavy (non-hydrogen) atoms. The number of allylic oxidation sites excluding steroid dienone is 2. The molecule has 0 unspecified atom stereocenters. The molecular weight excluding hydrogens is 134 g/mol. The zero-order chi connectivity index (χ0) is 7.52. The molecule has 0 bridgehead atoms. The van der Waals surface area contributed by atoms with E-state index in [9.17, 15) is 0 Å². The van der Waals surface area contributed by atoms with Crippen LogP contribution in [-0.2, 0) is 6.54 Å². The van der Waals surface area contributed by atoms with E-state index in [1.54, 1.807) is 0 Å². The minimum Gasteiger partial charge on any atom is -0.351 e. The normalized spacial score (nSPS) is 17.8. The summed E-state index contributed by atoms with van der Waals surface area (Å²) in [5.74, 6) is 0.908. The molecule has 0 saturated heterocycles. The van der Waals surface area contributed by atoms with Crippen molar-refractivity contribution in [3.63, 3.8) is 0 Å². The minimum absolute atomic E-state index is 0.908. The third-order valence-electron chi connectivity index (χ3n) is 2.01. The minimum atomic E-state index is 0.908. The molecule has 1 aromatic heterocycles. The van der Waals surface area contributed by atoms with Gasteiger partial charge in [0.15, 0.2) is 0 Å². The molecule has 1 fully saturated rings. The quantitative estimate of drug-likeness (QED) is 0.579. The monoisotopic (exact) mass is 147 g/mol. The van der Waals surface area contributed by atoms with E-state index < -0.39 is 0 Å². The molecule has 1 saturated carbocycles. The number of aromatic nitrogens is 1. The number of nitrogens with zero attached hydrogens (tertiary/aromatic N) is 1. The van der Waals surface area contributed by atoms with Crippen LogP contribution in [-0.4, -0.2) is 4.57 Å². The van der Waals surface area contributed by atoms with Crippen molar-refractivity contribution in [1.29, 1.82) is 0 Å². The second-order valence-corrected chi connectivity index (χ2v) is 3.15. The Morgan fingerprint density at radius 1 is 1.27 bits per heavy atom. The second-order valence-electron chi connectivity index (χ2n) is 3.15. The fraction of sp³-hybridized carbons (Fsp3) is 0.400. The first-order valence-corrected chi connectivity index (χ1v) is 4.22. The van der Waals surface area contributed by atoms with Gasteiger partial charge in [0, 0.05) is 18.9 Å². The fourth-order valence-electron chi connectivity index (χ4n) is 1.16. The zero-order valence-corrected chi connectivity index (χ0v) is 6.61. The summed E-state index contributed by atoms with van der Waals surface area (Å²) >= 11 is 0. The summed E-state index contributed by atoms with van der Waals surface area (Å²) in [6, 6.07) is 4.12. The van der Waals surface area contributed by atoms with Crippen LogP contribution in [0.1, 0.15) is 12.8 Å². The number of hydrogen-bond donors (Lipinski definition) is 0. The summed E-state index contributed by atoms with van der Waals surface area (Å²) in [7, 11) is 0. The van der Waals surface area contributed by atoms with Crippen LogP contribution in [0.25, 0.3) is 0 Å². The van der Waals surface area contributed by atoms with Crippen LogP contribution in [0.3, 0.4) is 0 Å².